The Hall–Kier alpha value is -1.45. The van der Waals surface area contributed by atoms with Gasteiger partial charge in [0, 0.05) is 10.8 Å². The highest BCUT2D eigenvalue weighted by Gasteiger charge is 2.15. The number of rotatable bonds is 3. The standard InChI is InChI=1S/C14H12Cl2O3/c1-2-7-18-14(17)19-13-10-6-4-3-5-9(10)11(15)8-12(13)16/h3-6,8H,2,7H2,1H3. The minimum Gasteiger partial charge on any atom is -0.434 e. The lowest BCUT2D eigenvalue weighted by atomic mass is 10.1. The fraction of sp³-hybridized carbons (Fsp3) is 0.214. The van der Waals surface area contributed by atoms with E-state index >= 15 is 0 Å². The van der Waals surface area contributed by atoms with Crippen molar-refractivity contribution in [2.24, 2.45) is 0 Å². The minimum atomic E-state index is -0.767. The molecule has 0 saturated carbocycles. The van der Waals surface area contributed by atoms with Crippen LogP contribution in [0.25, 0.3) is 10.8 Å². The molecule has 0 aliphatic rings. The predicted octanol–water partition coefficient (Wildman–Crippen LogP) is 5.07. The lowest BCUT2D eigenvalue weighted by molar-refractivity contribution is 0.0997. The number of hydrogen-bond acceptors (Lipinski definition) is 3. The van der Waals surface area contributed by atoms with E-state index in [4.69, 9.17) is 32.7 Å². The van der Waals surface area contributed by atoms with Crippen molar-refractivity contribution in [3.63, 3.8) is 0 Å². The molecule has 0 fully saturated rings. The highest BCUT2D eigenvalue weighted by molar-refractivity contribution is 6.40. The maximum Gasteiger partial charge on any atom is 0.513 e. The van der Waals surface area contributed by atoms with Crippen LogP contribution in [0.1, 0.15) is 13.3 Å². The van der Waals surface area contributed by atoms with Crippen LogP contribution in [0.5, 0.6) is 5.75 Å². The minimum absolute atomic E-state index is 0.266. The molecule has 5 heteroatoms. The molecule has 0 heterocycles. The molecule has 2 aromatic carbocycles. The van der Waals surface area contributed by atoms with E-state index in [-0.39, 0.29) is 10.8 Å². The molecule has 3 nitrogen and oxygen atoms in total. The second-order valence-corrected chi connectivity index (χ2v) is 4.73. The van der Waals surface area contributed by atoms with E-state index in [1.54, 1.807) is 12.1 Å². The molecule has 0 N–H and O–H groups in total. The highest BCUT2D eigenvalue weighted by Crippen LogP contribution is 2.38. The van der Waals surface area contributed by atoms with Crippen molar-refractivity contribution in [2.75, 3.05) is 6.61 Å². The SMILES string of the molecule is CCCOC(=O)Oc1c(Cl)cc(Cl)c2ccccc12. The number of fused-ring (bicyclic) bond motifs is 1. The average Bonchev–Trinajstić information content (AvgIpc) is 2.41. The largest absolute Gasteiger partial charge is 0.513 e. The quantitative estimate of drug-likeness (QED) is 0.586. The summed E-state index contributed by atoms with van der Waals surface area (Å²) in [5.74, 6) is 0.266. The van der Waals surface area contributed by atoms with Gasteiger partial charge in [-0.15, -0.1) is 0 Å². The van der Waals surface area contributed by atoms with Crippen molar-refractivity contribution in [3.05, 3.63) is 40.4 Å². The molecule has 0 unspecified atom stereocenters. The Morgan fingerprint density at radius 2 is 1.84 bits per heavy atom. The molecule has 0 aliphatic carbocycles. The first-order valence-corrected chi connectivity index (χ1v) is 6.60. The molecule has 0 aliphatic heterocycles. The van der Waals surface area contributed by atoms with Crippen LogP contribution >= 0.6 is 23.2 Å². The number of hydrogen-bond donors (Lipinski definition) is 0. The van der Waals surface area contributed by atoms with Crippen LogP contribution in [-0.2, 0) is 4.74 Å². The van der Waals surface area contributed by atoms with Gasteiger partial charge in [0.05, 0.1) is 16.7 Å². The van der Waals surface area contributed by atoms with Gasteiger partial charge in [0.1, 0.15) is 0 Å². The molecule has 2 aromatic rings. The fourth-order valence-corrected chi connectivity index (χ4v) is 2.25. The number of ether oxygens (including phenoxy) is 2. The van der Waals surface area contributed by atoms with Crippen molar-refractivity contribution in [3.8, 4) is 5.75 Å². The smallest absolute Gasteiger partial charge is 0.434 e. The molecule has 0 bridgehead atoms. The second kappa shape index (κ2) is 6.13. The molecule has 0 aromatic heterocycles. The lowest BCUT2D eigenvalue weighted by Gasteiger charge is -2.10. The summed E-state index contributed by atoms with van der Waals surface area (Å²) in [7, 11) is 0. The number of halogens is 2. The Balaban J connectivity index is 2.39. The van der Waals surface area contributed by atoms with Gasteiger partial charge in [-0.05, 0) is 12.5 Å². The molecule has 19 heavy (non-hydrogen) atoms. The van der Waals surface area contributed by atoms with Crippen molar-refractivity contribution >= 4 is 40.1 Å². The van der Waals surface area contributed by atoms with E-state index < -0.39 is 6.16 Å². The van der Waals surface area contributed by atoms with Crippen LogP contribution in [0.2, 0.25) is 10.0 Å². The maximum absolute atomic E-state index is 11.5. The third-order valence-corrected chi connectivity index (χ3v) is 3.10. The zero-order chi connectivity index (χ0) is 13.8. The molecular weight excluding hydrogens is 287 g/mol. The summed E-state index contributed by atoms with van der Waals surface area (Å²) in [5, 5.41) is 2.23. The topological polar surface area (TPSA) is 35.5 Å². The van der Waals surface area contributed by atoms with Gasteiger partial charge in [-0.1, -0.05) is 54.4 Å². The lowest BCUT2D eigenvalue weighted by Crippen LogP contribution is -2.11. The summed E-state index contributed by atoms with van der Waals surface area (Å²) in [4.78, 5) is 11.5. The Labute approximate surface area is 121 Å². The third-order valence-electron chi connectivity index (χ3n) is 2.51. The van der Waals surface area contributed by atoms with Crippen LogP contribution in [-0.4, -0.2) is 12.8 Å². The molecular formula is C14H12Cl2O3. The molecule has 0 spiro atoms. The van der Waals surface area contributed by atoms with E-state index in [1.165, 1.54) is 0 Å². The van der Waals surface area contributed by atoms with Crippen LogP contribution < -0.4 is 4.74 Å². The first-order chi connectivity index (χ1) is 9.13. The highest BCUT2D eigenvalue weighted by atomic mass is 35.5. The summed E-state index contributed by atoms with van der Waals surface area (Å²) in [6.45, 7) is 2.21. The molecule has 0 radical (unpaired) electrons. The van der Waals surface area contributed by atoms with Gasteiger partial charge in [-0.25, -0.2) is 4.79 Å². The summed E-state index contributed by atoms with van der Waals surface area (Å²) in [5.41, 5.74) is 0. The summed E-state index contributed by atoms with van der Waals surface area (Å²) in [6, 6.07) is 8.84. The first-order valence-electron chi connectivity index (χ1n) is 5.84. The average molecular weight is 299 g/mol. The Kier molecular flexibility index (Phi) is 4.51. The van der Waals surface area contributed by atoms with E-state index in [9.17, 15) is 4.79 Å². The number of carbonyl (C=O) groups excluding carboxylic acids is 1. The Morgan fingerprint density at radius 3 is 2.53 bits per heavy atom. The monoisotopic (exact) mass is 298 g/mol. The van der Waals surface area contributed by atoms with Crippen molar-refractivity contribution < 1.29 is 14.3 Å². The molecule has 2 rings (SSSR count). The molecule has 0 atom stereocenters. The summed E-state index contributed by atoms with van der Waals surface area (Å²) < 4.78 is 10.0. The van der Waals surface area contributed by atoms with Gasteiger partial charge < -0.3 is 9.47 Å². The van der Waals surface area contributed by atoms with Crippen molar-refractivity contribution in [2.45, 2.75) is 13.3 Å². The fourth-order valence-electron chi connectivity index (χ4n) is 1.67. The van der Waals surface area contributed by atoms with Gasteiger partial charge in [0.15, 0.2) is 5.75 Å². The first kappa shape index (κ1) is 14.0. The van der Waals surface area contributed by atoms with Crippen LogP contribution in [0.3, 0.4) is 0 Å². The van der Waals surface area contributed by atoms with Crippen molar-refractivity contribution in [1.82, 2.24) is 0 Å². The maximum atomic E-state index is 11.5. The van der Waals surface area contributed by atoms with Crippen LogP contribution in [0.4, 0.5) is 4.79 Å². The van der Waals surface area contributed by atoms with Crippen molar-refractivity contribution in [1.29, 1.82) is 0 Å². The second-order valence-electron chi connectivity index (χ2n) is 3.92. The molecule has 0 amide bonds. The molecule has 100 valence electrons. The molecule has 0 saturated heterocycles. The zero-order valence-corrected chi connectivity index (χ0v) is 11.8. The van der Waals surface area contributed by atoms with Gasteiger partial charge in [0.25, 0.3) is 0 Å². The Bertz CT molecular complexity index is 611. The summed E-state index contributed by atoms with van der Waals surface area (Å²) >= 11 is 12.2. The van der Waals surface area contributed by atoms with E-state index in [0.717, 1.165) is 11.8 Å². The van der Waals surface area contributed by atoms with E-state index in [0.29, 0.717) is 17.0 Å². The van der Waals surface area contributed by atoms with Gasteiger partial charge in [-0.3, -0.25) is 0 Å². The van der Waals surface area contributed by atoms with Crippen LogP contribution in [0, 0.1) is 0 Å². The van der Waals surface area contributed by atoms with Gasteiger partial charge >= 0.3 is 6.16 Å². The van der Waals surface area contributed by atoms with E-state index in [1.807, 2.05) is 25.1 Å². The number of carbonyl (C=O) groups is 1. The predicted molar refractivity (Wildman–Crippen MR) is 76.2 cm³/mol. The van der Waals surface area contributed by atoms with Gasteiger partial charge in [0.2, 0.25) is 0 Å². The Morgan fingerprint density at radius 1 is 1.16 bits per heavy atom. The summed E-state index contributed by atoms with van der Waals surface area (Å²) in [6.07, 6.45) is -0.0410. The third kappa shape index (κ3) is 3.11. The van der Waals surface area contributed by atoms with E-state index in [2.05, 4.69) is 0 Å². The van der Waals surface area contributed by atoms with Gasteiger partial charge in [-0.2, -0.15) is 0 Å². The van der Waals surface area contributed by atoms with Crippen LogP contribution in [0.15, 0.2) is 30.3 Å². The zero-order valence-electron chi connectivity index (χ0n) is 10.3. The number of benzene rings is 2. The normalized spacial score (nSPS) is 10.5.